The minimum atomic E-state index is -0.360. The Bertz CT molecular complexity index is 905. The van der Waals surface area contributed by atoms with Gasteiger partial charge in [-0.2, -0.15) is 0 Å². The molecule has 2 aromatic rings. The number of halogens is 1. The zero-order chi connectivity index (χ0) is 22.6. The van der Waals surface area contributed by atoms with Gasteiger partial charge in [0.1, 0.15) is 11.5 Å². The first-order valence-electron chi connectivity index (χ1n) is 11.0. The van der Waals surface area contributed by atoms with Crippen LogP contribution in [0.3, 0.4) is 0 Å². The highest BCUT2D eigenvalue weighted by atomic mass is 35.5. The molecule has 1 aliphatic rings. The van der Waals surface area contributed by atoms with E-state index in [1.807, 2.05) is 57.2 Å². The summed E-state index contributed by atoms with van der Waals surface area (Å²) in [5, 5.41) is 17.0. The fourth-order valence-electron chi connectivity index (χ4n) is 4.28. The number of carbonyl (C=O) groups is 1. The van der Waals surface area contributed by atoms with Crippen molar-refractivity contribution in [3.05, 3.63) is 53.1 Å². The van der Waals surface area contributed by atoms with E-state index in [1.165, 1.54) is 0 Å². The van der Waals surface area contributed by atoms with Gasteiger partial charge in [0.25, 0.3) is 0 Å². The zero-order valence-corrected chi connectivity index (χ0v) is 20.2. The third-order valence-corrected chi connectivity index (χ3v) is 6.04. The van der Waals surface area contributed by atoms with E-state index in [1.54, 1.807) is 7.11 Å². The number of nitrogens with one attached hydrogen (secondary N) is 2. The van der Waals surface area contributed by atoms with E-state index in [0.29, 0.717) is 18.0 Å². The minimum Gasteiger partial charge on any atom is -0.505 e. The van der Waals surface area contributed by atoms with Crippen LogP contribution >= 0.6 is 12.4 Å². The highest BCUT2D eigenvalue weighted by Crippen LogP contribution is 2.49. The zero-order valence-electron chi connectivity index (χ0n) is 19.4. The molecule has 0 bridgehead atoms. The predicted octanol–water partition coefficient (Wildman–Crippen LogP) is 5.43. The van der Waals surface area contributed by atoms with Gasteiger partial charge in [0.2, 0.25) is 0 Å². The van der Waals surface area contributed by atoms with Crippen LogP contribution in [0.1, 0.15) is 69.1 Å². The minimum absolute atomic E-state index is 0. The molecule has 0 heterocycles. The van der Waals surface area contributed by atoms with Gasteiger partial charge in [-0.3, -0.25) is 0 Å². The highest BCUT2D eigenvalue weighted by Gasteiger charge is 2.31. The van der Waals surface area contributed by atoms with Crippen molar-refractivity contribution in [2.75, 3.05) is 12.4 Å². The molecule has 5 N–H and O–H groups in total. The summed E-state index contributed by atoms with van der Waals surface area (Å²) in [6.45, 7) is 6.48. The van der Waals surface area contributed by atoms with E-state index in [2.05, 4.69) is 10.6 Å². The van der Waals surface area contributed by atoms with E-state index in [-0.39, 0.29) is 41.6 Å². The SMILES string of the molecule is COc1cc(C(C)(C)C)c(O)c(NC(=O)NCc2ccccc2)c1C1CCC(N)CC1.Cl. The van der Waals surface area contributed by atoms with Gasteiger partial charge in [-0.1, -0.05) is 51.1 Å². The summed E-state index contributed by atoms with van der Waals surface area (Å²) in [5.41, 5.74) is 8.83. The van der Waals surface area contributed by atoms with E-state index < -0.39 is 0 Å². The lowest BCUT2D eigenvalue weighted by Crippen LogP contribution is -2.30. The van der Waals surface area contributed by atoms with Crippen LogP contribution in [0, 0.1) is 0 Å². The summed E-state index contributed by atoms with van der Waals surface area (Å²) < 4.78 is 5.75. The average molecular weight is 462 g/mol. The molecule has 32 heavy (non-hydrogen) atoms. The summed E-state index contributed by atoms with van der Waals surface area (Å²) in [6, 6.07) is 11.5. The summed E-state index contributed by atoms with van der Waals surface area (Å²) in [5.74, 6) is 0.966. The number of urea groups is 1. The maximum absolute atomic E-state index is 12.8. The van der Waals surface area contributed by atoms with Gasteiger partial charge in [0.15, 0.2) is 0 Å². The number of anilines is 1. The van der Waals surface area contributed by atoms with Crippen molar-refractivity contribution in [1.82, 2.24) is 5.32 Å². The number of phenols is 1. The molecule has 0 saturated heterocycles. The molecule has 0 atom stereocenters. The molecule has 1 aliphatic carbocycles. The molecule has 1 saturated carbocycles. The number of methoxy groups -OCH3 is 1. The van der Waals surface area contributed by atoms with Crippen LogP contribution in [0.15, 0.2) is 36.4 Å². The van der Waals surface area contributed by atoms with Crippen molar-refractivity contribution < 1.29 is 14.6 Å². The Kier molecular flexibility index (Phi) is 8.81. The fraction of sp³-hybridized carbons (Fsp3) is 0.480. The van der Waals surface area contributed by atoms with Crippen LogP contribution in [0.25, 0.3) is 0 Å². The van der Waals surface area contributed by atoms with Gasteiger partial charge in [-0.05, 0) is 48.6 Å². The first kappa shape index (κ1) is 25.8. The van der Waals surface area contributed by atoms with Gasteiger partial charge >= 0.3 is 6.03 Å². The highest BCUT2D eigenvalue weighted by molar-refractivity contribution is 5.93. The van der Waals surface area contributed by atoms with Crippen molar-refractivity contribution in [3.8, 4) is 11.5 Å². The third-order valence-electron chi connectivity index (χ3n) is 6.04. The summed E-state index contributed by atoms with van der Waals surface area (Å²) in [4.78, 5) is 12.8. The Morgan fingerprint density at radius 2 is 1.78 bits per heavy atom. The normalized spacial score (nSPS) is 18.4. The largest absolute Gasteiger partial charge is 0.505 e. The van der Waals surface area contributed by atoms with Crippen LogP contribution in [-0.4, -0.2) is 24.3 Å². The van der Waals surface area contributed by atoms with Gasteiger partial charge in [-0.15, -0.1) is 12.4 Å². The third kappa shape index (κ3) is 6.08. The molecule has 0 aliphatic heterocycles. The maximum Gasteiger partial charge on any atom is 0.319 e. The number of amides is 2. The number of hydrogen-bond acceptors (Lipinski definition) is 4. The number of rotatable bonds is 5. The topological polar surface area (TPSA) is 96.6 Å². The predicted molar refractivity (Wildman–Crippen MR) is 132 cm³/mol. The molecule has 176 valence electrons. The van der Waals surface area contributed by atoms with Gasteiger partial charge in [0, 0.05) is 23.7 Å². The second-order valence-corrected chi connectivity index (χ2v) is 9.42. The van der Waals surface area contributed by atoms with Crippen molar-refractivity contribution in [2.24, 2.45) is 5.73 Å². The summed E-state index contributed by atoms with van der Waals surface area (Å²) >= 11 is 0. The Balaban J connectivity index is 0.00000363. The fourth-order valence-corrected chi connectivity index (χ4v) is 4.28. The van der Waals surface area contributed by atoms with Crippen LogP contribution in [-0.2, 0) is 12.0 Å². The molecular weight excluding hydrogens is 426 g/mol. The summed E-state index contributed by atoms with van der Waals surface area (Å²) in [7, 11) is 1.64. The van der Waals surface area contributed by atoms with Crippen molar-refractivity contribution in [1.29, 1.82) is 0 Å². The lowest BCUT2D eigenvalue weighted by atomic mass is 9.78. The van der Waals surface area contributed by atoms with Crippen LogP contribution < -0.4 is 21.1 Å². The monoisotopic (exact) mass is 461 g/mol. The molecule has 7 heteroatoms. The smallest absolute Gasteiger partial charge is 0.319 e. The molecule has 0 spiro atoms. The molecule has 6 nitrogen and oxygen atoms in total. The van der Waals surface area contributed by atoms with Gasteiger partial charge < -0.3 is 26.2 Å². The maximum atomic E-state index is 12.8. The van der Waals surface area contributed by atoms with E-state index in [4.69, 9.17) is 10.5 Å². The molecule has 0 unspecified atom stereocenters. The number of hydrogen-bond donors (Lipinski definition) is 4. The van der Waals surface area contributed by atoms with Gasteiger partial charge in [-0.25, -0.2) is 4.79 Å². The van der Waals surface area contributed by atoms with Gasteiger partial charge in [0.05, 0.1) is 12.8 Å². The molecular formula is C25H36ClN3O3. The summed E-state index contributed by atoms with van der Waals surface area (Å²) in [6.07, 6.45) is 3.61. The lowest BCUT2D eigenvalue weighted by Gasteiger charge is -2.31. The van der Waals surface area contributed by atoms with Crippen molar-refractivity contribution >= 4 is 24.1 Å². The van der Waals surface area contributed by atoms with Crippen molar-refractivity contribution in [3.63, 3.8) is 0 Å². The number of carbonyl (C=O) groups excluding carboxylic acids is 1. The van der Waals surface area contributed by atoms with Crippen LogP contribution in [0.4, 0.5) is 10.5 Å². The Morgan fingerprint density at radius 1 is 1.16 bits per heavy atom. The van der Waals surface area contributed by atoms with E-state index in [0.717, 1.165) is 42.4 Å². The molecule has 2 aromatic carbocycles. The standard InChI is InChI=1S/C25H35N3O3.ClH/c1-25(2,3)19-14-20(31-4)21(17-10-12-18(26)13-11-17)22(23(19)29)28-24(30)27-15-16-8-6-5-7-9-16;/h5-9,14,17-18,29H,10-13,15,26H2,1-4H3,(H2,27,28,30);1H. The number of aromatic hydroxyl groups is 1. The number of benzene rings is 2. The second kappa shape index (κ2) is 10.9. The second-order valence-electron chi connectivity index (χ2n) is 9.42. The first-order valence-corrected chi connectivity index (χ1v) is 11.0. The molecule has 0 radical (unpaired) electrons. The van der Waals surface area contributed by atoms with E-state index in [9.17, 15) is 9.90 Å². The number of ether oxygens (including phenoxy) is 1. The quantitative estimate of drug-likeness (QED) is 0.446. The molecule has 2 amide bonds. The first-order chi connectivity index (χ1) is 14.7. The molecule has 0 aromatic heterocycles. The number of nitrogens with two attached hydrogens (primary N) is 1. The molecule has 1 fully saturated rings. The Labute approximate surface area is 197 Å². The number of phenolic OH excluding ortho intramolecular Hbond substituents is 1. The Morgan fingerprint density at radius 3 is 2.34 bits per heavy atom. The lowest BCUT2D eigenvalue weighted by molar-refractivity contribution is 0.251. The van der Waals surface area contributed by atoms with Crippen LogP contribution in [0.2, 0.25) is 0 Å². The van der Waals surface area contributed by atoms with E-state index >= 15 is 0 Å². The molecule has 3 rings (SSSR count). The Hall–Kier alpha value is -2.44. The average Bonchev–Trinajstić information content (AvgIpc) is 2.74. The van der Waals surface area contributed by atoms with Crippen molar-refractivity contribution in [2.45, 2.75) is 70.4 Å². The van der Waals surface area contributed by atoms with Crippen LogP contribution in [0.5, 0.6) is 11.5 Å².